The third-order valence-electron chi connectivity index (χ3n) is 2.72. The Morgan fingerprint density at radius 1 is 1.39 bits per heavy atom. The van der Waals surface area contributed by atoms with Gasteiger partial charge in [-0.1, -0.05) is 12.1 Å². The molecular formula is C12H16N2O3S. The number of hydrogen-bond donors (Lipinski definition) is 0. The van der Waals surface area contributed by atoms with Gasteiger partial charge in [-0.2, -0.15) is 9.57 Å². The molecule has 1 atom stereocenters. The van der Waals surface area contributed by atoms with Crippen molar-refractivity contribution in [3.8, 4) is 11.8 Å². The molecule has 1 unspecified atom stereocenters. The summed E-state index contributed by atoms with van der Waals surface area (Å²) in [6.45, 7) is 1.55. The molecule has 1 aromatic rings. The number of rotatable bonds is 5. The van der Waals surface area contributed by atoms with E-state index in [1.165, 1.54) is 7.05 Å². The van der Waals surface area contributed by atoms with Gasteiger partial charge in [0.2, 0.25) is 10.0 Å². The molecule has 0 N–H and O–H groups in total. The molecule has 0 fully saturated rings. The Hall–Kier alpha value is -1.58. The lowest BCUT2D eigenvalue weighted by Gasteiger charge is -2.21. The van der Waals surface area contributed by atoms with Crippen LogP contribution in [0.1, 0.15) is 18.5 Å². The van der Waals surface area contributed by atoms with Gasteiger partial charge in [-0.15, -0.1) is 0 Å². The Balaban J connectivity index is 3.07. The summed E-state index contributed by atoms with van der Waals surface area (Å²) in [5.74, 6) is 0.633. The van der Waals surface area contributed by atoms with Gasteiger partial charge in [0, 0.05) is 7.05 Å². The number of benzene rings is 1. The topological polar surface area (TPSA) is 70.4 Å². The Labute approximate surface area is 108 Å². The van der Waals surface area contributed by atoms with Gasteiger partial charge in [0.25, 0.3) is 0 Å². The summed E-state index contributed by atoms with van der Waals surface area (Å²) in [4.78, 5) is 0. The van der Waals surface area contributed by atoms with Crippen LogP contribution in [0.3, 0.4) is 0 Å². The zero-order valence-corrected chi connectivity index (χ0v) is 11.4. The first kappa shape index (κ1) is 14.5. The van der Waals surface area contributed by atoms with E-state index in [1.807, 2.05) is 6.07 Å². The average molecular weight is 268 g/mol. The van der Waals surface area contributed by atoms with E-state index in [0.717, 1.165) is 4.31 Å². The van der Waals surface area contributed by atoms with E-state index in [1.54, 1.807) is 38.3 Å². The lowest BCUT2D eigenvalue weighted by atomic mass is 10.1. The molecule has 5 nitrogen and oxygen atoms in total. The number of nitrogens with zero attached hydrogens (tertiary/aromatic N) is 2. The van der Waals surface area contributed by atoms with Crippen molar-refractivity contribution in [1.82, 2.24) is 4.31 Å². The summed E-state index contributed by atoms with van der Waals surface area (Å²) in [6.07, 6.45) is 0. The minimum atomic E-state index is -3.39. The van der Waals surface area contributed by atoms with Crippen LogP contribution < -0.4 is 4.74 Å². The number of sulfonamides is 1. The van der Waals surface area contributed by atoms with E-state index in [0.29, 0.717) is 11.3 Å². The largest absolute Gasteiger partial charge is 0.497 e. The fraction of sp³-hybridized carbons (Fsp3) is 0.417. The highest BCUT2D eigenvalue weighted by atomic mass is 32.2. The SMILES string of the molecule is CCS(=O)(=O)N(C)C(C#N)c1ccc(OC)cc1. The average Bonchev–Trinajstić information content (AvgIpc) is 2.40. The lowest BCUT2D eigenvalue weighted by Crippen LogP contribution is -2.31. The summed E-state index contributed by atoms with van der Waals surface area (Å²) in [6, 6.07) is 7.96. The number of methoxy groups -OCH3 is 1. The highest BCUT2D eigenvalue weighted by Gasteiger charge is 2.25. The first-order valence-electron chi connectivity index (χ1n) is 5.45. The lowest BCUT2D eigenvalue weighted by molar-refractivity contribution is 0.412. The molecule has 1 aromatic carbocycles. The molecule has 0 heterocycles. The van der Waals surface area contributed by atoms with Crippen molar-refractivity contribution in [2.24, 2.45) is 0 Å². The molecule has 0 amide bonds. The van der Waals surface area contributed by atoms with Crippen molar-refractivity contribution in [3.05, 3.63) is 29.8 Å². The molecule has 98 valence electrons. The fourth-order valence-electron chi connectivity index (χ4n) is 1.52. The van der Waals surface area contributed by atoms with Crippen LogP contribution in [0.2, 0.25) is 0 Å². The number of ether oxygens (including phenoxy) is 1. The van der Waals surface area contributed by atoms with Crippen LogP contribution >= 0.6 is 0 Å². The first-order chi connectivity index (χ1) is 8.46. The summed E-state index contributed by atoms with van der Waals surface area (Å²) in [5, 5.41) is 9.15. The van der Waals surface area contributed by atoms with Crippen LogP contribution in [-0.2, 0) is 10.0 Å². The Bertz CT molecular complexity index is 531. The van der Waals surface area contributed by atoms with Crippen LogP contribution in [0.25, 0.3) is 0 Å². The van der Waals surface area contributed by atoms with Gasteiger partial charge in [-0.25, -0.2) is 8.42 Å². The second kappa shape index (κ2) is 5.85. The van der Waals surface area contributed by atoms with Gasteiger partial charge in [-0.3, -0.25) is 0 Å². The summed E-state index contributed by atoms with van der Waals surface area (Å²) in [5.41, 5.74) is 0.623. The van der Waals surface area contributed by atoms with E-state index in [2.05, 4.69) is 0 Å². The van der Waals surface area contributed by atoms with Crippen molar-refractivity contribution in [2.45, 2.75) is 13.0 Å². The highest BCUT2D eigenvalue weighted by molar-refractivity contribution is 7.89. The predicted octanol–water partition coefficient (Wildman–Crippen LogP) is 1.54. The Morgan fingerprint density at radius 3 is 2.33 bits per heavy atom. The molecular weight excluding hydrogens is 252 g/mol. The van der Waals surface area contributed by atoms with E-state index in [4.69, 9.17) is 10.00 Å². The molecule has 0 bridgehead atoms. The van der Waals surface area contributed by atoms with E-state index in [-0.39, 0.29) is 5.75 Å². The van der Waals surface area contributed by atoms with E-state index >= 15 is 0 Å². The van der Waals surface area contributed by atoms with Gasteiger partial charge in [0.15, 0.2) is 0 Å². The quantitative estimate of drug-likeness (QED) is 0.812. The first-order valence-corrected chi connectivity index (χ1v) is 7.06. The van der Waals surface area contributed by atoms with E-state index in [9.17, 15) is 8.42 Å². The Morgan fingerprint density at radius 2 is 1.94 bits per heavy atom. The molecule has 6 heteroatoms. The van der Waals surface area contributed by atoms with Gasteiger partial charge in [-0.05, 0) is 24.6 Å². The molecule has 1 rings (SSSR count). The number of nitriles is 1. The van der Waals surface area contributed by atoms with E-state index < -0.39 is 16.1 Å². The maximum absolute atomic E-state index is 11.7. The summed E-state index contributed by atoms with van der Waals surface area (Å²) in [7, 11) is -0.434. The third-order valence-corrected chi connectivity index (χ3v) is 4.54. The molecule has 0 saturated heterocycles. The smallest absolute Gasteiger partial charge is 0.215 e. The predicted molar refractivity (Wildman–Crippen MR) is 68.6 cm³/mol. The summed E-state index contributed by atoms with van der Waals surface area (Å²) >= 11 is 0. The standard InChI is InChI=1S/C12H16N2O3S/c1-4-18(15,16)14(2)12(9-13)10-5-7-11(17-3)8-6-10/h5-8,12H,4H2,1-3H3. The molecule has 0 radical (unpaired) electrons. The van der Waals surface area contributed by atoms with Crippen molar-refractivity contribution < 1.29 is 13.2 Å². The van der Waals surface area contributed by atoms with Crippen molar-refractivity contribution in [1.29, 1.82) is 5.26 Å². The second-order valence-electron chi connectivity index (χ2n) is 3.72. The van der Waals surface area contributed by atoms with Crippen molar-refractivity contribution in [3.63, 3.8) is 0 Å². The zero-order chi connectivity index (χ0) is 13.8. The third kappa shape index (κ3) is 3.00. The highest BCUT2D eigenvalue weighted by Crippen LogP contribution is 2.23. The minimum absolute atomic E-state index is 0.0299. The van der Waals surface area contributed by atoms with Gasteiger partial charge in [0.1, 0.15) is 11.8 Å². The van der Waals surface area contributed by atoms with Gasteiger partial charge < -0.3 is 4.74 Å². The minimum Gasteiger partial charge on any atom is -0.497 e. The van der Waals surface area contributed by atoms with Crippen molar-refractivity contribution >= 4 is 10.0 Å². The van der Waals surface area contributed by atoms with Crippen LogP contribution in [0.5, 0.6) is 5.75 Å². The summed E-state index contributed by atoms with van der Waals surface area (Å²) < 4.78 is 29.6. The Kier molecular flexibility index (Phi) is 4.70. The van der Waals surface area contributed by atoms with Crippen molar-refractivity contribution in [2.75, 3.05) is 19.9 Å². The molecule has 0 aromatic heterocycles. The maximum Gasteiger partial charge on any atom is 0.215 e. The molecule has 0 spiro atoms. The number of hydrogen-bond acceptors (Lipinski definition) is 4. The monoisotopic (exact) mass is 268 g/mol. The molecule has 0 aliphatic rings. The molecule has 18 heavy (non-hydrogen) atoms. The van der Waals surface area contributed by atoms with Crippen LogP contribution in [0, 0.1) is 11.3 Å². The second-order valence-corrected chi connectivity index (χ2v) is 6.04. The molecule has 0 aliphatic carbocycles. The normalized spacial score (nSPS) is 13.1. The zero-order valence-electron chi connectivity index (χ0n) is 10.6. The fourth-order valence-corrected chi connectivity index (χ4v) is 2.41. The molecule has 0 aliphatic heterocycles. The van der Waals surface area contributed by atoms with Gasteiger partial charge >= 0.3 is 0 Å². The molecule has 0 saturated carbocycles. The van der Waals surface area contributed by atoms with Crippen LogP contribution in [-0.4, -0.2) is 32.6 Å². The maximum atomic E-state index is 11.7. The van der Waals surface area contributed by atoms with Crippen LogP contribution in [0.4, 0.5) is 0 Å². The van der Waals surface area contributed by atoms with Crippen LogP contribution in [0.15, 0.2) is 24.3 Å². The van der Waals surface area contributed by atoms with Gasteiger partial charge in [0.05, 0.1) is 18.9 Å².